The Kier molecular flexibility index (Phi) is 4.03. The highest BCUT2D eigenvalue weighted by molar-refractivity contribution is 5.46. The Bertz CT molecular complexity index is 563. The molecule has 104 valence electrons. The molecular weight excluding hydrogens is 244 g/mol. The van der Waals surface area contributed by atoms with Crippen molar-refractivity contribution in [1.82, 2.24) is 5.32 Å². The van der Waals surface area contributed by atoms with E-state index in [1.165, 1.54) is 36.0 Å². The fraction of sp³-hybridized carbons (Fsp3) is 0.333. The first-order chi connectivity index (χ1) is 9.83. The maximum atomic E-state index is 5.94. The second-order valence-electron chi connectivity index (χ2n) is 5.59. The maximum absolute atomic E-state index is 5.94. The van der Waals surface area contributed by atoms with Crippen LogP contribution in [0.4, 0.5) is 5.69 Å². The molecule has 0 saturated carbocycles. The Morgan fingerprint density at radius 3 is 2.80 bits per heavy atom. The summed E-state index contributed by atoms with van der Waals surface area (Å²) in [6.07, 6.45) is 4.74. The normalized spacial score (nSPS) is 17.7. The van der Waals surface area contributed by atoms with E-state index in [4.69, 9.17) is 5.73 Å². The van der Waals surface area contributed by atoms with Crippen molar-refractivity contribution in [1.29, 1.82) is 0 Å². The average molecular weight is 266 g/mol. The molecule has 0 aliphatic heterocycles. The van der Waals surface area contributed by atoms with Crippen molar-refractivity contribution in [2.45, 2.75) is 31.7 Å². The minimum Gasteiger partial charge on any atom is -0.399 e. The number of anilines is 1. The SMILES string of the molecule is Nc1ccc2c(c1)C(NCCc1ccccc1)CCC2. The summed E-state index contributed by atoms with van der Waals surface area (Å²) in [4.78, 5) is 0. The molecule has 3 N–H and O–H groups in total. The zero-order valence-electron chi connectivity index (χ0n) is 11.8. The molecule has 1 aliphatic carbocycles. The molecule has 0 aromatic heterocycles. The largest absolute Gasteiger partial charge is 0.399 e. The van der Waals surface area contributed by atoms with Crippen LogP contribution < -0.4 is 11.1 Å². The van der Waals surface area contributed by atoms with Crippen molar-refractivity contribution >= 4 is 5.69 Å². The molecule has 0 bridgehead atoms. The predicted octanol–water partition coefficient (Wildman–Crippen LogP) is 3.48. The maximum Gasteiger partial charge on any atom is 0.0323 e. The second kappa shape index (κ2) is 6.10. The van der Waals surface area contributed by atoms with Gasteiger partial charge >= 0.3 is 0 Å². The number of nitrogen functional groups attached to an aromatic ring is 1. The van der Waals surface area contributed by atoms with Crippen molar-refractivity contribution < 1.29 is 0 Å². The van der Waals surface area contributed by atoms with E-state index in [9.17, 15) is 0 Å². The van der Waals surface area contributed by atoms with E-state index in [1.807, 2.05) is 6.07 Å². The minimum absolute atomic E-state index is 0.464. The van der Waals surface area contributed by atoms with Crippen molar-refractivity contribution in [2.75, 3.05) is 12.3 Å². The fourth-order valence-corrected chi connectivity index (χ4v) is 3.07. The van der Waals surface area contributed by atoms with Crippen molar-refractivity contribution in [3.63, 3.8) is 0 Å². The van der Waals surface area contributed by atoms with Gasteiger partial charge in [-0.15, -0.1) is 0 Å². The molecule has 0 spiro atoms. The zero-order chi connectivity index (χ0) is 13.8. The molecular formula is C18H22N2. The van der Waals surface area contributed by atoms with Crippen LogP contribution >= 0.6 is 0 Å². The molecule has 0 radical (unpaired) electrons. The Labute approximate surface area is 121 Å². The minimum atomic E-state index is 0.464. The number of hydrogen-bond acceptors (Lipinski definition) is 2. The molecule has 1 atom stereocenters. The molecule has 2 aromatic rings. The molecule has 0 heterocycles. The first-order valence-corrected chi connectivity index (χ1v) is 7.48. The van der Waals surface area contributed by atoms with Gasteiger partial charge < -0.3 is 11.1 Å². The van der Waals surface area contributed by atoms with E-state index in [0.717, 1.165) is 18.7 Å². The van der Waals surface area contributed by atoms with Crippen LogP contribution in [0.1, 0.15) is 35.6 Å². The Hall–Kier alpha value is -1.80. The molecule has 0 amide bonds. The lowest BCUT2D eigenvalue weighted by Gasteiger charge is -2.27. The molecule has 3 rings (SSSR count). The van der Waals surface area contributed by atoms with Crippen molar-refractivity contribution in [3.8, 4) is 0 Å². The van der Waals surface area contributed by atoms with Gasteiger partial charge in [0.25, 0.3) is 0 Å². The van der Waals surface area contributed by atoms with Crippen molar-refractivity contribution in [2.24, 2.45) is 0 Å². The summed E-state index contributed by atoms with van der Waals surface area (Å²) in [5, 5.41) is 3.70. The van der Waals surface area contributed by atoms with Gasteiger partial charge in [-0.2, -0.15) is 0 Å². The zero-order valence-corrected chi connectivity index (χ0v) is 11.8. The lowest BCUT2D eigenvalue weighted by molar-refractivity contribution is 0.463. The molecule has 2 nitrogen and oxygen atoms in total. The van der Waals surface area contributed by atoms with Gasteiger partial charge in [-0.05, 0) is 61.1 Å². The Morgan fingerprint density at radius 2 is 1.95 bits per heavy atom. The number of nitrogens with one attached hydrogen (secondary N) is 1. The summed E-state index contributed by atoms with van der Waals surface area (Å²) in [6, 6.07) is 17.5. The predicted molar refractivity (Wildman–Crippen MR) is 84.7 cm³/mol. The molecule has 0 fully saturated rings. The number of hydrogen-bond donors (Lipinski definition) is 2. The number of benzene rings is 2. The van der Waals surface area contributed by atoms with Crippen LogP contribution in [0.15, 0.2) is 48.5 Å². The number of fused-ring (bicyclic) bond motifs is 1. The second-order valence-corrected chi connectivity index (χ2v) is 5.59. The van der Waals surface area contributed by atoms with E-state index in [2.05, 4.69) is 47.8 Å². The molecule has 2 aromatic carbocycles. The Balaban J connectivity index is 1.63. The van der Waals surface area contributed by atoms with Gasteiger partial charge in [0.1, 0.15) is 0 Å². The summed E-state index contributed by atoms with van der Waals surface area (Å²) < 4.78 is 0. The summed E-state index contributed by atoms with van der Waals surface area (Å²) in [6.45, 7) is 1.02. The first-order valence-electron chi connectivity index (χ1n) is 7.48. The van der Waals surface area contributed by atoms with Crippen LogP contribution in [0.25, 0.3) is 0 Å². The fourth-order valence-electron chi connectivity index (χ4n) is 3.07. The lowest BCUT2D eigenvalue weighted by atomic mass is 9.87. The van der Waals surface area contributed by atoms with Gasteiger partial charge in [0.2, 0.25) is 0 Å². The monoisotopic (exact) mass is 266 g/mol. The van der Waals surface area contributed by atoms with Gasteiger partial charge in [0, 0.05) is 11.7 Å². The van der Waals surface area contributed by atoms with Gasteiger partial charge in [0.15, 0.2) is 0 Å². The lowest BCUT2D eigenvalue weighted by Crippen LogP contribution is -2.27. The van der Waals surface area contributed by atoms with E-state index in [0.29, 0.717) is 6.04 Å². The van der Waals surface area contributed by atoms with Crippen LogP contribution in [0.2, 0.25) is 0 Å². The van der Waals surface area contributed by atoms with E-state index < -0.39 is 0 Å². The van der Waals surface area contributed by atoms with Crippen LogP contribution in [-0.2, 0) is 12.8 Å². The third-order valence-electron chi connectivity index (χ3n) is 4.13. The highest BCUT2D eigenvalue weighted by Crippen LogP contribution is 2.31. The van der Waals surface area contributed by atoms with Crippen LogP contribution in [0.5, 0.6) is 0 Å². The average Bonchev–Trinajstić information content (AvgIpc) is 2.49. The van der Waals surface area contributed by atoms with Gasteiger partial charge in [-0.3, -0.25) is 0 Å². The molecule has 2 heteroatoms. The summed E-state index contributed by atoms with van der Waals surface area (Å²) >= 11 is 0. The standard InChI is InChI=1S/C18H22N2/c19-16-10-9-15-7-4-8-18(17(15)13-16)20-12-11-14-5-2-1-3-6-14/h1-3,5-6,9-10,13,18,20H,4,7-8,11-12,19H2. The van der Waals surface area contributed by atoms with Gasteiger partial charge in [0.05, 0.1) is 0 Å². The number of aryl methyl sites for hydroxylation is 1. The summed E-state index contributed by atoms with van der Waals surface area (Å²) in [7, 11) is 0. The van der Waals surface area contributed by atoms with Crippen LogP contribution in [-0.4, -0.2) is 6.54 Å². The van der Waals surface area contributed by atoms with Gasteiger partial charge in [-0.1, -0.05) is 36.4 Å². The quantitative estimate of drug-likeness (QED) is 0.831. The first kappa shape index (κ1) is 13.2. The topological polar surface area (TPSA) is 38.0 Å². The smallest absolute Gasteiger partial charge is 0.0323 e. The molecule has 1 aliphatic rings. The third-order valence-corrected chi connectivity index (χ3v) is 4.13. The van der Waals surface area contributed by atoms with Crippen molar-refractivity contribution in [3.05, 3.63) is 65.2 Å². The van der Waals surface area contributed by atoms with Gasteiger partial charge in [-0.25, -0.2) is 0 Å². The number of nitrogens with two attached hydrogens (primary N) is 1. The van der Waals surface area contributed by atoms with Crippen LogP contribution in [0.3, 0.4) is 0 Å². The Morgan fingerprint density at radius 1 is 1.10 bits per heavy atom. The highest BCUT2D eigenvalue weighted by Gasteiger charge is 2.19. The van der Waals surface area contributed by atoms with Crippen LogP contribution in [0, 0.1) is 0 Å². The molecule has 0 saturated heterocycles. The molecule has 20 heavy (non-hydrogen) atoms. The van der Waals surface area contributed by atoms with E-state index in [1.54, 1.807) is 0 Å². The highest BCUT2D eigenvalue weighted by atomic mass is 14.9. The summed E-state index contributed by atoms with van der Waals surface area (Å²) in [5.74, 6) is 0. The van der Waals surface area contributed by atoms with E-state index >= 15 is 0 Å². The molecule has 1 unspecified atom stereocenters. The van der Waals surface area contributed by atoms with E-state index in [-0.39, 0.29) is 0 Å². The third kappa shape index (κ3) is 3.02. The summed E-state index contributed by atoms with van der Waals surface area (Å²) in [5.41, 5.74) is 11.1. The number of rotatable bonds is 4.